The fourth-order valence-electron chi connectivity index (χ4n) is 1.56. The van der Waals surface area contributed by atoms with E-state index in [1.54, 1.807) is 6.07 Å². The Morgan fingerprint density at radius 2 is 2.21 bits per heavy atom. The van der Waals surface area contributed by atoms with Crippen LogP contribution >= 0.6 is 11.6 Å². The van der Waals surface area contributed by atoms with Crippen LogP contribution in [0.4, 0.5) is 4.39 Å². The molecular formula is C11H12ClFO. The van der Waals surface area contributed by atoms with Crippen LogP contribution in [0, 0.1) is 5.82 Å². The van der Waals surface area contributed by atoms with Gasteiger partial charge in [-0.05, 0) is 37.8 Å². The SMILES string of the molecule is CCOc1ccc(F)c(C2CC2)c1Cl. The molecule has 0 amide bonds. The molecule has 14 heavy (non-hydrogen) atoms. The van der Waals surface area contributed by atoms with Gasteiger partial charge in [-0.15, -0.1) is 0 Å². The van der Waals surface area contributed by atoms with Crippen LogP contribution in [0.25, 0.3) is 0 Å². The Labute approximate surface area is 87.8 Å². The third-order valence-electron chi connectivity index (χ3n) is 2.38. The lowest BCUT2D eigenvalue weighted by Crippen LogP contribution is -1.96. The standard InChI is InChI=1S/C11H12ClFO/c1-2-14-9-6-5-8(13)10(11(9)12)7-3-4-7/h5-7H,2-4H2,1H3. The first-order valence-electron chi connectivity index (χ1n) is 4.84. The van der Waals surface area contributed by atoms with Gasteiger partial charge in [0.15, 0.2) is 0 Å². The molecule has 1 aromatic rings. The molecule has 1 aliphatic rings. The van der Waals surface area contributed by atoms with Crippen molar-refractivity contribution in [3.8, 4) is 5.75 Å². The smallest absolute Gasteiger partial charge is 0.138 e. The third kappa shape index (κ3) is 1.71. The second kappa shape index (κ2) is 3.77. The van der Waals surface area contributed by atoms with Crippen molar-refractivity contribution in [1.82, 2.24) is 0 Å². The molecule has 0 atom stereocenters. The lowest BCUT2D eigenvalue weighted by atomic mass is 10.1. The molecule has 0 spiro atoms. The summed E-state index contributed by atoms with van der Waals surface area (Å²) in [6, 6.07) is 3.03. The van der Waals surface area contributed by atoms with Gasteiger partial charge in [0.05, 0.1) is 11.6 Å². The molecular weight excluding hydrogens is 203 g/mol. The van der Waals surface area contributed by atoms with E-state index in [9.17, 15) is 4.39 Å². The van der Waals surface area contributed by atoms with Gasteiger partial charge in [-0.25, -0.2) is 4.39 Å². The number of hydrogen-bond acceptors (Lipinski definition) is 1. The summed E-state index contributed by atoms with van der Waals surface area (Å²) in [6.45, 7) is 2.44. The quantitative estimate of drug-likeness (QED) is 0.745. The minimum Gasteiger partial charge on any atom is -0.492 e. The van der Waals surface area contributed by atoms with Crippen LogP contribution in [0.2, 0.25) is 5.02 Å². The van der Waals surface area contributed by atoms with Gasteiger partial charge < -0.3 is 4.74 Å². The van der Waals surface area contributed by atoms with Gasteiger partial charge in [0.25, 0.3) is 0 Å². The van der Waals surface area contributed by atoms with Gasteiger partial charge in [-0.1, -0.05) is 11.6 Å². The molecule has 0 unspecified atom stereocenters. The summed E-state index contributed by atoms with van der Waals surface area (Å²) in [7, 11) is 0. The molecule has 0 bridgehead atoms. The van der Waals surface area contributed by atoms with E-state index in [-0.39, 0.29) is 5.82 Å². The summed E-state index contributed by atoms with van der Waals surface area (Å²) in [6.07, 6.45) is 2.07. The van der Waals surface area contributed by atoms with Crippen molar-refractivity contribution in [3.63, 3.8) is 0 Å². The minimum atomic E-state index is -0.207. The second-order valence-electron chi connectivity index (χ2n) is 3.48. The van der Waals surface area contributed by atoms with Crippen molar-refractivity contribution in [2.75, 3.05) is 6.61 Å². The number of halogens is 2. The summed E-state index contributed by atoms with van der Waals surface area (Å²) in [5.41, 5.74) is 0.637. The van der Waals surface area contributed by atoms with Gasteiger partial charge in [0.1, 0.15) is 11.6 Å². The highest BCUT2D eigenvalue weighted by atomic mass is 35.5. The van der Waals surface area contributed by atoms with Gasteiger partial charge in [0.2, 0.25) is 0 Å². The summed E-state index contributed by atoms with van der Waals surface area (Å²) in [4.78, 5) is 0. The van der Waals surface area contributed by atoms with E-state index in [4.69, 9.17) is 16.3 Å². The van der Waals surface area contributed by atoms with Crippen LogP contribution in [0.5, 0.6) is 5.75 Å². The molecule has 1 aliphatic carbocycles. The maximum atomic E-state index is 13.4. The zero-order valence-corrected chi connectivity index (χ0v) is 8.77. The molecule has 1 nitrogen and oxygen atoms in total. The summed E-state index contributed by atoms with van der Waals surface area (Å²) in [5.74, 6) is 0.696. The van der Waals surface area contributed by atoms with E-state index in [1.165, 1.54) is 6.07 Å². The van der Waals surface area contributed by atoms with Crippen molar-refractivity contribution in [3.05, 3.63) is 28.5 Å². The molecule has 2 rings (SSSR count). The molecule has 76 valence electrons. The van der Waals surface area contributed by atoms with Crippen LogP contribution in [-0.2, 0) is 0 Å². The number of hydrogen-bond donors (Lipinski definition) is 0. The Morgan fingerprint density at radius 3 is 2.79 bits per heavy atom. The van der Waals surface area contributed by atoms with Crippen molar-refractivity contribution < 1.29 is 9.13 Å². The summed E-state index contributed by atoms with van der Waals surface area (Å²) < 4.78 is 18.7. The normalized spacial score (nSPS) is 15.6. The first kappa shape index (κ1) is 9.78. The van der Waals surface area contributed by atoms with Crippen molar-refractivity contribution in [2.45, 2.75) is 25.7 Å². The monoisotopic (exact) mass is 214 g/mol. The molecule has 3 heteroatoms. The molecule has 1 saturated carbocycles. The Bertz CT molecular complexity index is 347. The highest BCUT2D eigenvalue weighted by Crippen LogP contribution is 2.46. The van der Waals surface area contributed by atoms with Crippen molar-refractivity contribution in [2.24, 2.45) is 0 Å². The molecule has 0 aliphatic heterocycles. The largest absolute Gasteiger partial charge is 0.492 e. The maximum Gasteiger partial charge on any atom is 0.138 e. The van der Waals surface area contributed by atoms with Gasteiger partial charge >= 0.3 is 0 Å². The second-order valence-corrected chi connectivity index (χ2v) is 3.86. The lowest BCUT2D eigenvalue weighted by molar-refractivity contribution is 0.339. The summed E-state index contributed by atoms with van der Waals surface area (Å²) >= 11 is 6.06. The maximum absolute atomic E-state index is 13.4. The Balaban J connectivity index is 2.40. The van der Waals surface area contributed by atoms with Gasteiger partial charge in [-0.2, -0.15) is 0 Å². The van der Waals surface area contributed by atoms with Crippen LogP contribution in [0.15, 0.2) is 12.1 Å². The first-order chi connectivity index (χ1) is 6.74. The predicted octanol–water partition coefficient (Wildman–Crippen LogP) is 3.76. The zero-order chi connectivity index (χ0) is 10.1. The van der Waals surface area contributed by atoms with Crippen LogP contribution in [0.1, 0.15) is 31.2 Å². The third-order valence-corrected chi connectivity index (χ3v) is 2.77. The highest BCUT2D eigenvalue weighted by molar-refractivity contribution is 6.33. The topological polar surface area (TPSA) is 9.23 Å². The number of ether oxygens (including phenoxy) is 1. The van der Waals surface area contributed by atoms with Crippen molar-refractivity contribution in [1.29, 1.82) is 0 Å². The number of benzene rings is 1. The number of rotatable bonds is 3. The van der Waals surface area contributed by atoms with E-state index >= 15 is 0 Å². The average Bonchev–Trinajstić information content (AvgIpc) is 2.94. The minimum absolute atomic E-state index is 0.207. The van der Waals surface area contributed by atoms with E-state index in [1.807, 2.05) is 6.92 Å². The molecule has 0 saturated heterocycles. The average molecular weight is 215 g/mol. The molecule has 1 fully saturated rings. The Hall–Kier alpha value is -0.760. The fourth-order valence-corrected chi connectivity index (χ4v) is 1.92. The van der Waals surface area contributed by atoms with Gasteiger partial charge in [-0.3, -0.25) is 0 Å². The molecule has 1 aromatic carbocycles. The molecule has 0 heterocycles. The molecule has 0 N–H and O–H groups in total. The highest BCUT2D eigenvalue weighted by Gasteiger charge is 2.30. The molecule has 0 aromatic heterocycles. The summed E-state index contributed by atoms with van der Waals surface area (Å²) in [5, 5.41) is 0.453. The van der Waals surface area contributed by atoms with Gasteiger partial charge in [0, 0.05) is 5.56 Å². The van der Waals surface area contributed by atoms with Crippen LogP contribution in [0.3, 0.4) is 0 Å². The Kier molecular flexibility index (Phi) is 2.64. The van der Waals surface area contributed by atoms with E-state index in [2.05, 4.69) is 0 Å². The lowest BCUT2D eigenvalue weighted by Gasteiger charge is -2.10. The first-order valence-corrected chi connectivity index (χ1v) is 5.22. The van der Waals surface area contributed by atoms with Crippen molar-refractivity contribution >= 4 is 11.6 Å². The van der Waals surface area contributed by atoms with E-state index in [0.29, 0.717) is 28.9 Å². The zero-order valence-electron chi connectivity index (χ0n) is 8.02. The van der Waals surface area contributed by atoms with E-state index < -0.39 is 0 Å². The Morgan fingerprint density at radius 1 is 1.50 bits per heavy atom. The predicted molar refractivity (Wildman–Crippen MR) is 54.6 cm³/mol. The van der Waals surface area contributed by atoms with Crippen LogP contribution < -0.4 is 4.74 Å². The van der Waals surface area contributed by atoms with Crippen LogP contribution in [-0.4, -0.2) is 6.61 Å². The fraction of sp³-hybridized carbons (Fsp3) is 0.455. The van der Waals surface area contributed by atoms with E-state index in [0.717, 1.165) is 12.8 Å². The molecule has 0 radical (unpaired) electrons.